The number of carboxylic acid groups (broad SMARTS) is 1. The molecule has 3 atom stereocenters. The first-order valence-electron chi connectivity index (χ1n) is 11.7. The van der Waals surface area contributed by atoms with Gasteiger partial charge in [0.1, 0.15) is 18.6 Å². The number of imidazole rings is 1. The van der Waals surface area contributed by atoms with Crippen molar-refractivity contribution in [3.8, 4) is 0 Å². The van der Waals surface area contributed by atoms with Crippen LogP contribution in [0.1, 0.15) is 16.8 Å². The summed E-state index contributed by atoms with van der Waals surface area (Å²) in [5, 5.41) is 16.6. The van der Waals surface area contributed by atoms with Crippen LogP contribution in [0.5, 0.6) is 0 Å². The van der Waals surface area contributed by atoms with Crippen LogP contribution < -0.4 is 21.7 Å². The Morgan fingerprint density at radius 1 is 0.811 bits per heavy atom. The predicted molar refractivity (Wildman–Crippen MR) is 135 cm³/mol. The second-order valence-electron chi connectivity index (χ2n) is 8.50. The first-order valence-corrected chi connectivity index (χ1v) is 11.7. The van der Waals surface area contributed by atoms with Gasteiger partial charge in [-0.3, -0.25) is 19.2 Å². The highest BCUT2D eigenvalue weighted by Gasteiger charge is 2.29. The summed E-state index contributed by atoms with van der Waals surface area (Å²) in [6, 6.07) is 15.0. The van der Waals surface area contributed by atoms with E-state index in [0.29, 0.717) is 5.69 Å². The molecule has 2 aromatic carbocycles. The van der Waals surface area contributed by atoms with Gasteiger partial charge in [-0.25, -0.2) is 4.98 Å². The van der Waals surface area contributed by atoms with Gasteiger partial charge in [0.25, 0.3) is 0 Å². The summed E-state index contributed by atoms with van der Waals surface area (Å²) in [4.78, 5) is 56.8. The van der Waals surface area contributed by atoms with Crippen molar-refractivity contribution in [3.63, 3.8) is 0 Å². The summed E-state index contributed by atoms with van der Waals surface area (Å²) < 4.78 is 0. The average Bonchev–Trinajstić information content (AvgIpc) is 3.40. The lowest BCUT2D eigenvalue weighted by molar-refractivity contribution is -0.138. The summed E-state index contributed by atoms with van der Waals surface area (Å²) in [6.45, 7) is -0.591. The van der Waals surface area contributed by atoms with Crippen LogP contribution in [0.4, 0.5) is 0 Å². The minimum absolute atomic E-state index is 0.128. The first-order chi connectivity index (χ1) is 17.8. The van der Waals surface area contributed by atoms with Gasteiger partial charge in [0.05, 0.1) is 12.4 Å². The van der Waals surface area contributed by atoms with Gasteiger partial charge < -0.3 is 31.8 Å². The smallest absolute Gasteiger partial charge is 0.322 e. The number of carbonyl (C=O) groups is 4. The van der Waals surface area contributed by atoms with E-state index in [9.17, 15) is 19.2 Å². The van der Waals surface area contributed by atoms with Crippen molar-refractivity contribution in [2.75, 3.05) is 6.54 Å². The number of hydrogen-bond donors (Lipinski definition) is 6. The molecule has 11 heteroatoms. The Bertz CT molecular complexity index is 1170. The van der Waals surface area contributed by atoms with E-state index in [4.69, 9.17) is 10.8 Å². The summed E-state index contributed by atoms with van der Waals surface area (Å²) in [7, 11) is 0. The highest BCUT2D eigenvalue weighted by molar-refractivity contribution is 5.94. The van der Waals surface area contributed by atoms with E-state index >= 15 is 0 Å². The molecule has 0 saturated carbocycles. The fraction of sp³-hybridized carbons (Fsp3) is 0.269. The molecule has 3 amide bonds. The summed E-state index contributed by atoms with van der Waals surface area (Å²) in [6.07, 6.45) is 3.52. The van der Waals surface area contributed by atoms with Crippen molar-refractivity contribution in [2.24, 2.45) is 5.73 Å². The van der Waals surface area contributed by atoms with Gasteiger partial charge in [0.2, 0.25) is 17.7 Å². The quantitative estimate of drug-likeness (QED) is 0.188. The number of amides is 3. The lowest BCUT2D eigenvalue weighted by Gasteiger charge is -2.24. The van der Waals surface area contributed by atoms with Crippen molar-refractivity contribution in [3.05, 3.63) is 90.0 Å². The van der Waals surface area contributed by atoms with Gasteiger partial charge in [0.15, 0.2) is 0 Å². The van der Waals surface area contributed by atoms with E-state index in [1.807, 2.05) is 36.4 Å². The molecule has 1 heterocycles. The lowest BCUT2D eigenvalue weighted by atomic mass is 10.0. The van der Waals surface area contributed by atoms with E-state index in [-0.39, 0.29) is 19.3 Å². The molecular weight excluding hydrogens is 476 g/mol. The molecule has 0 fully saturated rings. The topological polar surface area (TPSA) is 179 Å². The Labute approximate surface area is 213 Å². The number of carboxylic acids is 1. The minimum atomic E-state index is -1.21. The number of rotatable bonds is 13. The Balaban J connectivity index is 1.76. The molecule has 0 spiro atoms. The maximum absolute atomic E-state index is 13.4. The van der Waals surface area contributed by atoms with E-state index in [1.165, 1.54) is 6.33 Å². The summed E-state index contributed by atoms with van der Waals surface area (Å²) in [5.41, 5.74) is 8.29. The maximum Gasteiger partial charge on any atom is 0.322 e. The number of nitrogens with one attached hydrogen (secondary N) is 4. The molecule has 11 nitrogen and oxygen atoms in total. The van der Waals surface area contributed by atoms with E-state index < -0.39 is 48.4 Å². The van der Waals surface area contributed by atoms with E-state index in [1.54, 1.807) is 30.5 Å². The molecule has 0 aliphatic carbocycles. The highest BCUT2D eigenvalue weighted by Crippen LogP contribution is 2.08. The third-order valence-corrected chi connectivity index (χ3v) is 5.58. The number of carbonyl (C=O) groups excluding carboxylic acids is 3. The van der Waals surface area contributed by atoms with Crippen LogP contribution in [0.25, 0.3) is 0 Å². The molecule has 0 aliphatic heterocycles. The molecule has 3 aromatic rings. The van der Waals surface area contributed by atoms with Gasteiger partial charge >= 0.3 is 5.97 Å². The maximum atomic E-state index is 13.4. The monoisotopic (exact) mass is 506 g/mol. The second kappa shape index (κ2) is 13.5. The Kier molecular flexibility index (Phi) is 9.91. The number of nitrogens with two attached hydrogens (primary N) is 1. The highest BCUT2D eigenvalue weighted by atomic mass is 16.4. The molecule has 3 unspecified atom stereocenters. The van der Waals surface area contributed by atoms with Crippen molar-refractivity contribution >= 4 is 23.7 Å². The summed E-state index contributed by atoms with van der Waals surface area (Å²) >= 11 is 0. The molecule has 0 saturated heterocycles. The van der Waals surface area contributed by atoms with Crippen LogP contribution >= 0.6 is 0 Å². The van der Waals surface area contributed by atoms with Gasteiger partial charge in [-0.1, -0.05) is 60.7 Å². The predicted octanol–water partition coefficient (Wildman–Crippen LogP) is -0.0647. The van der Waals surface area contributed by atoms with Crippen LogP contribution in [0.3, 0.4) is 0 Å². The van der Waals surface area contributed by atoms with Gasteiger partial charge in [0, 0.05) is 31.2 Å². The SMILES string of the molecule is NC(Cc1cnc[nH]1)C(=O)NC(Cc1ccccc1)C(=O)NC(Cc1ccccc1)C(=O)NCC(=O)O. The van der Waals surface area contributed by atoms with Crippen molar-refractivity contribution in [1.29, 1.82) is 0 Å². The number of benzene rings is 2. The zero-order chi connectivity index (χ0) is 26.6. The largest absolute Gasteiger partial charge is 0.480 e. The van der Waals surface area contributed by atoms with Crippen LogP contribution in [0.15, 0.2) is 73.2 Å². The van der Waals surface area contributed by atoms with Crippen LogP contribution in [0.2, 0.25) is 0 Å². The molecule has 7 N–H and O–H groups in total. The molecule has 0 bridgehead atoms. The third kappa shape index (κ3) is 8.89. The molecule has 0 aliphatic rings. The fourth-order valence-electron chi connectivity index (χ4n) is 3.68. The fourth-order valence-corrected chi connectivity index (χ4v) is 3.68. The second-order valence-corrected chi connectivity index (χ2v) is 8.50. The van der Waals surface area contributed by atoms with Crippen molar-refractivity contribution in [2.45, 2.75) is 37.4 Å². The molecule has 194 valence electrons. The zero-order valence-corrected chi connectivity index (χ0v) is 20.1. The van der Waals surface area contributed by atoms with Crippen molar-refractivity contribution in [1.82, 2.24) is 25.9 Å². The summed E-state index contributed by atoms with van der Waals surface area (Å²) in [5.74, 6) is -3.00. The first kappa shape index (κ1) is 27.1. The van der Waals surface area contributed by atoms with Crippen molar-refractivity contribution < 1.29 is 24.3 Å². The van der Waals surface area contributed by atoms with E-state index in [0.717, 1.165) is 11.1 Å². The Morgan fingerprint density at radius 3 is 1.86 bits per heavy atom. The molecule has 1 aromatic heterocycles. The number of nitrogens with zero attached hydrogens (tertiary/aromatic N) is 1. The molecule has 37 heavy (non-hydrogen) atoms. The van der Waals surface area contributed by atoms with Crippen LogP contribution in [0, 0.1) is 0 Å². The Morgan fingerprint density at radius 2 is 1.35 bits per heavy atom. The number of aromatic nitrogens is 2. The normalized spacial score (nSPS) is 13.1. The standard InChI is InChI=1S/C26H30N6O5/c27-20(13-19-14-28-16-30-19)24(35)31-22(12-18-9-5-2-6-10-18)26(37)32-21(25(36)29-15-23(33)34)11-17-7-3-1-4-8-17/h1-10,14,16,20-22H,11-13,15,27H2,(H,28,30)(H,29,36)(H,31,35)(H,32,37)(H,33,34). The molecule has 0 radical (unpaired) electrons. The van der Waals surface area contributed by atoms with Crippen LogP contribution in [-0.2, 0) is 38.4 Å². The third-order valence-electron chi connectivity index (χ3n) is 5.58. The van der Waals surface area contributed by atoms with Gasteiger partial charge in [-0.15, -0.1) is 0 Å². The number of aromatic amines is 1. The lowest BCUT2D eigenvalue weighted by Crippen LogP contribution is -2.57. The van der Waals surface area contributed by atoms with Crippen LogP contribution in [-0.4, -0.2) is 63.4 Å². The molecular formula is C26H30N6O5. The minimum Gasteiger partial charge on any atom is -0.480 e. The van der Waals surface area contributed by atoms with Gasteiger partial charge in [-0.2, -0.15) is 0 Å². The number of H-pyrrole nitrogens is 1. The number of hydrogen-bond acceptors (Lipinski definition) is 6. The Hall–Kier alpha value is -4.51. The van der Waals surface area contributed by atoms with E-state index in [2.05, 4.69) is 25.9 Å². The number of aliphatic carboxylic acids is 1. The average molecular weight is 507 g/mol. The zero-order valence-electron chi connectivity index (χ0n) is 20.1. The van der Waals surface area contributed by atoms with Gasteiger partial charge in [-0.05, 0) is 11.1 Å². The molecule has 3 rings (SSSR count).